The van der Waals surface area contributed by atoms with E-state index in [0.717, 1.165) is 18.7 Å². The van der Waals surface area contributed by atoms with Crippen molar-refractivity contribution in [1.29, 1.82) is 0 Å². The van der Waals surface area contributed by atoms with Crippen LogP contribution in [0.5, 0.6) is 11.5 Å². The van der Waals surface area contributed by atoms with Crippen LogP contribution in [0.4, 0.5) is 0 Å². The zero-order valence-electron chi connectivity index (χ0n) is 14.1. The van der Waals surface area contributed by atoms with Crippen LogP contribution in [-0.4, -0.2) is 50.0 Å². The molecular formula is C16H26ClN3O4. The monoisotopic (exact) mass is 359 g/mol. The first-order valence-electron chi connectivity index (χ1n) is 7.89. The minimum absolute atomic E-state index is 0.258. The fraction of sp³-hybridized carbons (Fsp3) is 0.562. The van der Waals surface area contributed by atoms with Crippen molar-refractivity contribution in [3.63, 3.8) is 0 Å². The Morgan fingerprint density at radius 3 is 2.67 bits per heavy atom. The molecule has 0 saturated heterocycles. The summed E-state index contributed by atoms with van der Waals surface area (Å²) < 4.78 is 10.9. The maximum atomic E-state index is 10.9. The molecule has 0 unspecified atom stereocenters. The standard InChI is InChI=1S/C16H26ClN3O4/c1-3-23-14-7-12(9-20-5-4-19-8-11(2)21)6-13(17)16(14)24-10-15(18)22/h6-7,11,19-21H,3-5,8-10H2,1-2H3,(H2,18,22)/t11-/m0/s1. The lowest BCUT2D eigenvalue weighted by Gasteiger charge is -2.15. The van der Waals surface area contributed by atoms with E-state index in [1.165, 1.54) is 0 Å². The molecule has 0 heterocycles. The number of nitrogens with one attached hydrogen (secondary N) is 2. The average molecular weight is 360 g/mol. The van der Waals surface area contributed by atoms with Crippen LogP contribution in [0.25, 0.3) is 0 Å². The molecule has 1 rings (SSSR count). The number of halogens is 1. The molecule has 1 atom stereocenters. The molecule has 7 nitrogen and oxygen atoms in total. The summed E-state index contributed by atoms with van der Waals surface area (Å²) >= 11 is 6.23. The number of aliphatic hydroxyl groups is 1. The minimum atomic E-state index is -0.580. The molecule has 0 radical (unpaired) electrons. The number of carbonyl (C=O) groups excluding carboxylic acids is 1. The highest BCUT2D eigenvalue weighted by Gasteiger charge is 2.13. The van der Waals surface area contributed by atoms with Crippen molar-refractivity contribution in [2.45, 2.75) is 26.5 Å². The number of ether oxygens (including phenoxy) is 2. The Morgan fingerprint density at radius 2 is 2.04 bits per heavy atom. The summed E-state index contributed by atoms with van der Waals surface area (Å²) in [5.41, 5.74) is 6.02. The summed E-state index contributed by atoms with van der Waals surface area (Å²) in [6, 6.07) is 3.58. The number of benzene rings is 1. The Kier molecular flexibility index (Phi) is 9.48. The molecule has 5 N–H and O–H groups in total. The lowest BCUT2D eigenvalue weighted by molar-refractivity contribution is -0.119. The van der Waals surface area contributed by atoms with Crippen LogP contribution in [0, 0.1) is 0 Å². The number of primary amides is 1. The lowest BCUT2D eigenvalue weighted by Crippen LogP contribution is -2.31. The molecular weight excluding hydrogens is 334 g/mol. The largest absolute Gasteiger partial charge is 0.490 e. The zero-order chi connectivity index (χ0) is 17.9. The number of nitrogens with two attached hydrogens (primary N) is 1. The Morgan fingerprint density at radius 1 is 1.33 bits per heavy atom. The van der Waals surface area contributed by atoms with E-state index in [-0.39, 0.29) is 12.7 Å². The number of rotatable bonds is 12. The maximum absolute atomic E-state index is 10.9. The first kappa shape index (κ1) is 20.5. The molecule has 136 valence electrons. The predicted octanol–water partition coefficient (Wildman–Crippen LogP) is 0.663. The van der Waals surface area contributed by atoms with E-state index in [4.69, 9.17) is 31.9 Å². The molecule has 0 fully saturated rings. The molecule has 24 heavy (non-hydrogen) atoms. The van der Waals surface area contributed by atoms with Gasteiger partial charge in [0, 0.05) is 26.2 Å². The SMILES string of the molecule is CCOc1cc(CNCCNC[C@H](C)O)cc(Cl)c1OCC(N)=O. The molecule has 1 aromatic carbocycles. The topological polar surface area (TPSA) is 106 Å². The Hall–Kier alpha value is -1.54. The summed E-state index contributed by atoms with van der Waals surface area (Å²) in [5.74, 6) is 0.221. The van der Waals surface area contributed by atoms with E-state index in [1.54, 1.807) is 13.0 Å². The summed E-state index contributed by atoms with van der Waals surface area (Å²) in [6.45, 7) is 6.44. The first-order chi connectivity index (χ1) is 11.4. The van der Waals surface area contributed by atoms with Gasteiger partial charge in [-0.15, -0.1) is 0 Å². The highest BCUT2D eigenvalue weighted by Crippen LogP contribution is 2.36. The van der Waals surface area contributed by atoms with Gasteiger partial charge >= 0.3 is 0 Å². The van der Waals surface area contributed by atoms with Crippen molar-refractivity contribution in [2.75, 3.05) is 32.8 Å². The molecule has 0 aliphatic rings. The van der Waals surface area contributed by atoms with Crippen LogP contribution in [0.15, 0.2) is 12.1 Å². The van der Waals surface area contributed by atoms with Gasteiger partial charge in [0.2, 0.25) is 0 Å². The maximum Gasteiger partial charge on any atom is 0.255 e. The number of amides is 1. The number of hydrogen-bond acceptors (Lipinski definition) is 6. The van der Waals surface area contributed by atoms with Gasteiger partial charge in [-0.25, -0.2) is 0 Å². The van der Waals surface area contributed by atoms with Gasteiger partial charge in [-0.05, 0) is 31.5 Å². The van der Waals surface area contributed by atoms with E-state index in [2.05, 4.69) is 10.6 Å². The second kappa shape index (κ2) is 11.1. The van der Waals surface area contributed by atoms with Gasteiger partial charge in [0.25, 0.3) is 5.91 Å². The third kappa shape index (κ3) is 7.83. The molecule has 1 aromatic rings. The minimum Gasteiger partial charge on any atom is -0.490 e. The zero-order valence-corrected chi connectivity index (χ0v) is 14.9. The first-order valence-corrected chi connectivity index (χ1v) is 8.27. The molecule has 0 saturated carbocycles. The van der Waals surface area contributed by atoms with Gasteiger partial charge in [-0.1, -0.05) is 11.6 Å². The predicted molar refractivity (Wildman–Crippen MR) is 93.6 cm³/mol. The highest BCUT2D eigenvalue weighted by molar-refractivity contribution is 6.32. The van der Waals surface area contributed by atoms with Crippen molar-refractivity contribution in [3.8, 4) is 11.5 Å². The van der Waals surface area contributed by atoms with Gasteiger partial charge in [-0.2, -0.15) is 0 Å². The molecule has 8 heteroatoms. The van der Waals surface area contributed by atoms with E-state index in [0.29, 0.717) is 36.2 Å². The van der Waals surface area contributed by atoms with Crippen LogP contribution in [0.3, 0.4) is 0 Å². The number of hydrogen-bond donors (Lipinski definition) is 4. The fourth-order valence-corrected chi connectivity index (χ4v) is 2.28. The van der Waals surface area contributed by atoms with Gasteiger partial charge in [0.05, 0.1) is 17.7 Å². The molecule has 0 bridgehead atoms. The number of carbonyl (C=O) groups is 1. The smallest absolute Gasteiger partial charge is 0.255 e. The Bertz CT molecular complexity index is 526. The second-order valence-corrected chi connectivity index (χ2v) is 5.73. The van der Waals surface area contributed by atoms with E-state index in [9.17, 15) is 4.79 Å². The summed E-state index contributed by atoms with van der Waals surface area (Å²) in [7, 11) is 0. The van der Waals surface area contributed by atoms with Gasteiger partial charge in [0.15, 0.2) is 18.1 Å². The van der Waals surface area contributed by atoms with Crippen LogP contribution in [0.1, 0.15) is 19.4 Å². The molecule has 0 aromatic heterocycles. The normalized spacial score (nSPS) is 12.0. The number of aliphatic hydroxyl groups excluding tert-OH is 1. The van der Waals surface area contributed by atoms with Gasteiger partial charge < -0.3 is 30.9 Å². The summed E-state index contributed by atoms with van der Waals surface area (Å²) in [4.78, 5) is 10.9. The quantitative estimate of drug-likeness (QED) is 0.409. The molecule has 0 aliphatic heterocycles. The fourth-order valence-electron chi connectivity index (χ4n) is 1.99. The van der Waals surface area contributed by atoms with Crippen molar-refractivity contribution in [1.82, 2.24) is 10.6 Å². The Balaban J connectivity index is 2.60. The molecule has 1 amide bonds. The summed E-state index contributed by atoms with van der Waals surface area (Å²) in [5, 5.41) is 15.9. The van der Waals surface area contributed by atoms with Gasteiger partial charge in [-0.3, -0.25) is 4.79 Å². The van der Waals surface area contributed by atoms with Crippen molar-refractivity contribution in [2.24, 2.45) is 5.73 Å². The third-order valence-corrected chi connectivity index (χ3v) is 3.26. The van der Waals surface area contributed by atoms with Gasteiger partial charge in [0.1, 0.15) is 0 Å². The second-order valence-electron chi connectivity index (χ2n) is 5.32. The molecule has 0 spiro atoms. The van der Waals surface area contributed by atoms with Crippen LogP contribution < -0.4 is 25.8 Å². The summed E-state index contributed by atoms with van der Waals surface area (Å²) in [6.07, 6.45) is -0.356. The van der Waals surface area contributed by atoms with E-state index >= 15 is 0 Å². The highest BCUT2D eigenvalue weighted by atomic mass is 35.5. The third-order valence-electron chi connectivity index (χ3n) is 2.98. The molecule has 0 aliphatic carbocycles. The van der Waals surface area contributed by atoms with Crippen LogP contribution >= 0.6 is 11.6 Å². The van der Waals surface area contributed by atoms with E-state index < -0.39 is 5.91 Å². The van der Waals surface area contributed by atoms with Crippen molar-refractivity contribution >= 4 is 17.5 Å². The van der Waals surface area contributed by atoms with Crippen molar-refractivity contribution < 1.29 is 19.4 Å². The average Bonchev–Trinajstić information content (AvgIpc) is 2.49. The van der Waals surface area contributed by atoms with E-state index in [1.807, 2.05) is 13.0 Å². The lowest BCUT2D eigenvalue weighted by atomic mass is 10.2. The Labute approximate surface area is 147 Å². The van der Waals surface area contributed by atoms with Crippen molar-refractivity contribution in [3.05, 3.63) is 22.7 Å². The van der Waals surface area contributed by atoms with Crippen LogP contribution in [0.2, 0.25) is 5.02 Å². The van der Waals surface area contributed by atoms with Crippen LogP contribution in [-0.2, 0) is 11.3 Å².